The molecule has 150 valence electrons. The molecule has 1 atom stereocenters. The predicted octanol–water partition coefficient (Wildman–Crippen LogP) is 5.96. The number of nitrogens with one attached hydrogen (secondary N) is 2. The second kappa shape index (κ2) is 8.47. The van der Waals surface area contributed by atoms with Crippen LogP contribution in [-0.4, -0.2) is 10.9 Å². The molecule has 4 nitrogen and oxygen atoms in total. The van der Waals surface area contributed by atoms with Crippen LogP contribution in [0.3, 0.4) is 0 Å². The zero-order valence-electron chi connectivity index (χ0n) is 15.6. The molecule has 0 radical (unpaired) electrons. The molecule has 0 aliphatic carbocycles. The van der Waals surface area contributed by atoms with Crippen molar-refractivity contribution in [3.63, 3.8) is 0 Å². The molecule has 0 spiro atoms. The Morgan fingerprint density at radius 2 is 1.77 bits per heavy atom. The van der Waals surface area contributed by atoms with Crippen molar-refractivity contribution in [2.24, 2.45) is 0 Å². The van der Waals surface area contributed by atoms with Crippen molar-refractivity contribution in [3.05, 3.63) is 101 Å². The summed E-state index contributed by atoms with van der Waals surface area (Å²) in [5.41, 5.74) is 1.01. The van der Waals surface area contributed by atoms with Crippen LogP contribution in [0.15, 0.2) is 79.1 Å². The first-order valence-electron chi connectivity index (χ1n) is 9.12. The summed E-state index contributed by atoms with van der Waals surface area (Å²) in [5, 5.41) is 7.86. The third-order valence-corrected chi connectivity index (χ3v) is 4.88. The van der Waals surface area contributed by atoms with E-state index in [-0.39, 0.29) is 5.69 Å². The molecule has 0 saturated heterocycles. The number of carbonyl (C=O) groups is 1. The van der Waals surface area contributed by atoms with E-state index in [1.54, 1.807) is 54.9 Å². The normalized spacial score (nSPS) is 11.8. The van der Waals surface area contributed by atoms with Crippen molar-refractivity contribution in [2.45, 2.75) is 6.04 Å². The molecule has 30 heavy (non-hydrogen) atoms. The summed E-state index contributed by atoms with van der Waals surface area (Å²) in [6.07, 6.45) is 3.33. The number of fused-ring (bicyclic) bond motifs is 1. The summed E-state index contributed by atoms with van der Waals surface area (Å²) < 4.78 is 27.9. The number of benzene rings is 3. The maximum atomic E-state index is 14.2. The number of halogens is 3. The van der Waals surface area contributed by atoms with E-state index in [1.165, 1.54) is 0 Å². The molecule has 0 aliphatic rings. The third kappa shape index (κ3) is 4.23. The van der Waals surface area contributed by atoms with E-state index in [2.05, 4.69) is 15.6 Å². The highest BCUT2D eigenvalue weighted by molar-refractivity contribution is 6.30. The molecular weight excluding hydrogens is 408 g/mol. The molecule has 1 heterocycles. The fourth-order valence-electron chi connectivity index (χ4n) is 3.16. The van der Waals surface area contributed by atoms with Crippen LogP contribution in [0.1, 0.15) is 11.6 Å². The molecule has 0 saturated carbocycles. The average Bonchev–Trinajstić information content (AvgIpc) is 2.75. The maximum Gasteiger partial charge on any atom is 0.251 e. The first-order chi connectivity index (χ1) is 14.5. The lowest BCUT2D eigenvalue weighted by Gasteiger charge is -2.21. The Hall–Kier alpha value is -3.51. The SMILES string of the molecule is O=C(Nc1cccc2cnccc12)C(Nc1cc(F)ccc1F)c1ccc(Cl)cc1. The van der Waals surface area contributed by atoms with Crippen molar-refractivity contribution < 1.29 is 13.6 Å². The predicted molar refractivity (Wildman–Crippen MR) is 115 cm³/mol. The van der Waals surface area contributed by atoms with Gasteiger partial charge in [-0.15, -0.1) is 0 Å². The number of nitrogens with zero attached hydrogens (tertiary/aromatic N) is 1. The van der Waals surface area contributed by atoms with Crippen LogP contribution in [0.5, 0.6) is 0 Å². The van der Waals surface area contributed by atoms with Gasteiger partial charge in [0.25, 0.3) is 5.91 Å². The molecule has 1 unspecified atom stereocenters. The first-order valence-corrected chi connectivity index (χ1v) is 9.50. The number of carbonyl (C=O) groups excluding carboxylic acids is 1. The van der Waals surface area contributed by atoms with E-state index in [4.69, 9.17) is 11.6 Å². The average molecular weight is 424 g/mol. The van der Waals surface area contributed by atoms with Crippen LogP contribution >= 0.6 is 11.6 Å². The summed E-state index contributed by atoms with van der Waals surface area (Å²) in [7, 11) is 0. The molecule has 0 fully saturated rings. The number of hydrogen-bond acceptors (Lipinski definition) is 3. The van der Waals surface area contributed by atoms with Crippen molar-refractivity contribution >= 4 is 39.7 Å². The van der Waals surface area contributed by atoms with Crippen LogP contribution in [0, 0.1) is 11.6 Å². The standard InChI is InChI=1S/C23H16ClF2N3O/c24-16-6-4-14(5-7-16)22(28-21-12-17(25)8-9-19(21)26)23(30)29-20-3-1-2-15-13-27-11-10-18(15)20/h1-13,22,28H,(H,29,30). The van der Waals surface area contributed by atoms with Gasteiger partial charge >= 0.3 is 0 Å². The number of anilines is 2. The summed E-state index contributed by atoms with van der Waals surface area (Å²) in [6.45, 7) is 0. The van der Waals surface area contributed by atoms with Gasteiger partial charge in [-0.3, -0.25) is 9.78 Å². The van der Waals surface area contributed by atoms with Crippen LogP contribution in [-0.2, 0) is 4.79 Å². The maximum absolute atomic E-state index is 14.2. The molecule has 0 aliphatic heterocycles. The highest BCUT2D eigenvalue weighted by Crippen LogP contribution is 2.27. The summed E-state index contributed by atoms with van der Waals surface area (Å²) in [6, 6.07) is 15.9. The smallest absolute Gasteiger partial charge is 0.251 e. The van der Waals surface area contributed by atoms with Crippen molar-refractivity contribution in [3.8, 4) is 0 Å². The van der Waals surface area contributed by atoms with Crippen LogP contribution in [0.4, 0.5) is 20.2 Å². The fourth-order valence-corrected chi connectivity index (χ4v) is 3.28. The minimum atomic E-state index is -0.990. The third-order valence-electron chi connectivity index (χ3n) is 4.63. The van der Waals surface area contributed by atoms with Gasteiger partial charge in [-0.05, 0) is 48.0 Å². The second-order valence-electron chi connectivity index (χ2n) is 6.64. The van der Waals surface area contributed by atoms with E-state index in [0.717, 1.165) is 29.0 Å². The lowest BCUT2D eigenvalue weighted by Crippen LogP contribution is -2.27. The Morgan fingerprint density at radius 1 is 0.967 bits per heavy atom. The molecule has 1 aromatic heterocycles. The molecular formula is C23H16ClF2N3O. The van der Waals surface area contributed by atoms with Crippen LogP contribution < -0.4 is 10.6 Å². The zero-order valence-corrected chi connectivity index (χ0v) is 16.3. The lowest BCUT2D eigenvalue weighted by molar-refractivity contribution is -0.117. The Labute approximate surface area is 176 Å². The van der Waals surface area contributed by atoms with Crippen molar-refractivity contribution in [2.75, 3.05) is 10.6 Å². The highest BCUT2D eigenvalue weighted by atomic mass is 35.5. The van der Waals surface area contributed by atoms with E-state index in [1.807, 2.05) is 6.07 Å². The number of amides is 1. The minimum absolute atomic E-state index is 0.118. The van der Waals surface area contributed by atoms with E-state index in [0.29, 0.717) is 16.3 Å². The van der Waals surface area contributed by atoms with Gasteiger partial charge in [-0.2, -0.15) is 0 Å². The first kappa shape index (κ1) is 19.8. The van der Waals surface area contributed by atoms with Crippen molar-refractivity contribution in [1.82, 2.24) is 4.98 Å². The number of rotatable bonds is 5. The van der Waals surface area contributed by atoms with Gasteiger partial charge in [0, 0.05) is 33.9 Å². The van der Waals surface area contributed by atoms with Gasteiger partial charge in [0.2, 0.25) is 0 Å². The minimum Gasteiger partial charge on any atom is -0.368 e. The van der Waals surface area contributed by atoms with Gasteiger partial charge in [0.15, 0.2) is 0 Å². The monoisotopic (exact) mass is 423 g/mol. The van der Waals surface area contributed by atoms with E-state index in [9.17, 15) is 13.6 Å². The molecule has 0 bridgehead atoms. The van der Waals surface area contributed by atoms with Crippen LogP contribution in [0.25, 0.3) is 10.8 Å². The van der Waals surface area contributed by atoms with Crippen molar-refractivity contribution in [1.29, 1.82) is 0 Å². The van der Waals surface area contributed by atoms with Gasteiger partial charge in [-0.1, -0.05) is 35.9 Å². The highest BCUT2D eigenvalue weighted by Gasteiger charge is 2.23. The molecule has 4 aromatic rings. The van der Waals surface area contributed by atoms with Gasteiger partial charge in [0.05, 0.1) is 5.69 Å². The second-order valence-corrected chi connectivity index (χ2v) is 7.08. The summed E-state index contributed by atoms with van der Waals surface area (Å²) in [5.74, 6) is -1.72. The number of aromatic nitrogens is 1. The van der Waals surface area contributed by atoms with E-state index >= 15 is 0 Å². The summed E-state index contributed by atoms with van der Waals surface area (Å²) >= 11 is 5.96. The lowest BCUT2D eigenvalue weighted by atomic mass is 10.0. The number of hydrogen-bond donors (Lipinski definition) is 2. The summed E-state index contributed by atoms with van der Waals surface area (Å²) in [4.78, 5) is 17.3. The molecule has 1 amide bonds. The Morgan fingerprint density at radius 3 is 2.57 bits per heavy atom. The topological polar surface area (TPSA) is 54.0 Å². The largest absolute Gasteiger partial charge is 0.368 e. The quantitative estimate of drug-likeness (QED) is 0.416. The molecule has 7 heteroatoms. The van der Waals surface area contributed by atoms with Gasteiger partial charge in [-0.25, -0.2) is 8.78 Å². The number of pyridine rings is 1. The van der Waals surface area contributed by atoms with Gasteiger partial charge < -0.3 is 10.6 Å². The molecule has 2 N–H and O–H groups in total. The zero-order chi connectivity index (χ0) is 21.1. The fraction of sp³-hybridized carbons (Fsp3) is 0.0435. The Bertz CT molecular complexity index is 1210. The molecule has 4 rings (SSSR count). The molecule has 3 aromatic carbocycles. The van der Waals surface area contributed by atoms with Crippen LogP contribution in [0.2, 0.25) is 5.02 Å². The van der Waals surface area contributed by atoms with Gasteiger partial charge in [0.1, 0.15) is 17.7 Å². The Kier molecular flexibility index (Phi) is 5.59. The van der Waals surface area contributed by atoms with E-state index < -0.39 is 23.6 Å². The Balaban J connectivity index is 1.70.